The second-order valence-corrected chi connectivity index (χ2v) is 6.27. The molecule has 2 heterocycles. The third-order valence-electron chi connectivity index (χ3n) is 4.36. The number of benzene rings is 2. The van der Waals surface area contributed by atoms with Crippen LogP contribution in [-0.2, 0) is 15.8 Å². The first kappa shape index (κ1) is 18.6. The highest BCUT2D eigenvalue weighted by molar-refractivity contribution is 6.69. The third kappa shape index (κ3) is 3.54. The highest BCUT2D eigenvalue weighted by Gasteiger charge is 2.33. The van der Waals surface area contributed by atoms with E-state index in [0.29, 0.717) is 11.4 Å². The van der Waals surface area contributed by atoms with E-state index < -0.39 is 23.3 Å². The summed E-state index contributed by atoms with van der Waals surface area (Å²) in [5, 5.41) is 9.64. The molecular formula is C20H13F3N4O2. The zero-order valence-corrected chi connectivity index (χ0v) is 14.8. The van der Waals surface area contributed by atoms with Crippen LogP contribution in [0.4, 0.5) is 18.9 Å². The number of hydrogen-bond donors (Lipinski definition) is 0. The number of anilines is 1. The Balaban J connectivity index is 1.74. The molecule has 0 saturated carbocycles. The predicted octanol–water partition coefficient (Wildman–Crippen LogP) is 3.25. The lowest BCUT2D eigenvalue weighted by atomic mass is 10.1. The van der Waals surface area contributed by atoms with E-state index in [2.05, 4.69) is 10.2 Å². The Morgan fingerprint density at radius 2 is 1.55 bits per heavy atom. The number of carbonyl (C=O) groups excluding carboxylic acids is 2. The average Bonchev–Trinajstić information content (AvgIpc) is 3.20. The van der Waals surface area contributed by atoms with Crippen molar-refractivity contribution in [1.29, 1.82) is 0 Å². The molecule has 1 aromatic heterocycles. The first-order chi connectivity index (χ1) is 13.8. The second kappa shape index (κ2) is 7.01. The molecule has 9 heteroatoms. The van der Waals surface area contributed by atoms with E-state index >= 15 is 0 Å². The SMILES string of the molecule is O=C1CN(c2ccc(C(F)(F)F)cc2)N=C(c2ccnn2-c2ccccc2)C1=O. The van der Waals surface area contributed by atoms with E-state index in [9.17, 15) is 22.8 Å². The van der Waals surface area contributed by atoms with Crippen LogP contribution in [0, 0.1) is 0 Å². The van der Waals surface area contributed by atoms with E-state index in [4.69, 9.17) is 0 Å². The lowest BCUT2D eigenvalue weighted by molar-refractivity contribution is -0.137. The standard InChI is InChI=1S/C20H13F3N4O2/c21-20(22,23)13-6-8-14(9-7-13)26-12-17(28)19(29)18(25-26)16-10-11-24-27(16)15-4-2-1-3-5-15/h1-11H,12H2. The van der Waals surface area contributed by atoms with Gasteiger partial charge in [-0.25, -0.2) is 4.68 Å². The van der Waals surface area contributed by atoms with Crippen molar-refractivity contribution in [1.82, 2.24) is 9.78 Å². The molecule has 0 amide bonds. The molecule has 4 rings (SSSR count). The molecule has 29 heavy (non-hydrogen) atoms. The monoisotopic (exact) mass is 398 g/mol. The molecular weight excluding hydrogens is 385 g/mol. The van der Waals surface area contributed by atoms with Crippen molar-refractivity contribution in [3.8, 4) is 5.69 Å². The molecule has 0 bridgehead atoms. The zero-order chi connectivity index (χ0) is 20.6. The van der Waals surface area contributed by atoms with E-state index in [1.165, 1.54) is 28.0 Å². The van der Waals surface area contributed by atoms with Gasteiger partial charge in [0.15, 0.2) is 5.71 Å². The normalized spacial score (nSPS) is 14.9. The molecule has 0 atom stereocenters. The highest BCUT2D eigenvalue weighted by Crippen LogP contribution is 2.31. The summed E-state index contributed by atoms with van der Waals surface area (Å²) in [6.07, 6.45) is -3.00. The minimum Gasteiger partial charge on any atom is -0.288 e. The van der Waals surface area contributed by atoms with E-state index in [-0.39, 0.29) is 17.9 Å². The molecule has 146 valence electrons. The van der Waals surface area contributed by atoms with Gasteiger partial charge in [0, 0.05) is 0 Å². The van der Waals surface area contributed by atoms with Gasteiger partial charge in [0.05, 0.1) is 28.8 Å². The molecule has 1 aliphatic heterocycles. The summed E-state index contributed by atoms with van der Waals surface area (Å²) in [5.74, 6) is -1.48. The summed E-state index contributed by atoms with van der Waals surface area (Å²) in [6, 6.07) is 14.7. The van der Waals surface area contributed by atoms with Crippen molar-refractivity contribution < 1.29 is 22.8 Å². The minimum atomic E-state index is -4.47. The highest BCUT2D eigenvalue weighted by atomic mass is 19.4. The largest absolute Gasteiger partial charge is 0.416 e. The molecule has 0 fully saturated rings. The Hall–Kier alpha value is -3.75. The number of hydrazone groups is 1. The zero-order valence-electron chi connectivity index (χ0n) is 14.8. The molecule has 0 N–H and O–H groups in total. The number of halogens is 3. The fourth-order valence-electron chi connectivity index (χ4n) is 2.94. The van der Waals surface area contributed by atoms with Gasteiger partial charge in [0.2, 0.25) is 5.78 Å². The predicted molar refractivity (Wildman–Crippen MR) is 98.9 cm³/mol. The van der Waals surface area contributed by atoms with Gasteiger partial charge in [-0.3, -0.25) is 14.6 Å². The van der Waals surface area contributed by atoms with Crippen molar-refractivity contribution in [3.05, 3.63) is 78.1 Å². The number of para-hydroxylation sites is 1. The van der Waals surface area contributed by atoms with E-state index in [1.54, 1.807) is 30.3 Å². The summed E-state index contributed by atoms with van der Waals surface area (Å²) in [5.41, 5.74) is 0.310. The minimum absolute atomic E-state index is 0.123. The number of aromatic nitrogens is 2. The van der Waals surface area contributed by atoms with Crippen LogP contribution < -0.4 is 5.01 Å². The summed E-state index contributed by atoms with van der Waals surface area (Å²) in [7, 11) is 0. The maximum Gasteiger partial charge on any atom is 0.416 e. The first-order valence-corrected chi connectivity index (χ1v) is 8.55. The Kier molecular flexibility index (Phi) is 4.50. The van der Waals surface area contributed by atoms with Gasteiger partial charge < -0.3 is 0 Å². The maximum atomic E-state index is 12.8. The van der Waals surface area contributed by atoms with Crippen molar-refractivity contribution in [3.63, 3.8) is 0 Å². The van der Waals surface area contributed by atoms with E-state index in [0.717, 1.165) is 12.1 Å². The van der Waals surface area contributed by atoms with Gasteiger partial charge in [0.1, 0.15) is 6.54 Å². The Labute approximate surface area is 162 Å². The fraction of sp³-hybridized carbons (Fsp3) is 0.100. The summed E-state index contributed by atoms with van der Waals surface area (Å²) in [4.78, 5) is 24.7. The maximum absolute atomic E-state index is 12.8. The summed E-state index contributed by atoms with van der Waals surface area (Å²) < 4.78 is 39.8. The van der Waals surface area contributed by atoms with Crippen LogP contribution in [0.1, 0.15) is 11.3 Å². The van der Waals surface area contributed by atoms with Gasteiger partial charge >= 0.3 is 6.18 Å². The molecule has 0 aliphatic carbocycles. The number of hydrogen-bond acceptors (Lipinski definition) is 5. The Bertz CT molecular complexity index is 1100. The van der Waals surface area contributed by atoms with Crippen molar-refractivity contribution in [2.24, 2.45) is 5.10 Å². The molecule has 0 radical (unpaired) electrons. The quantitative estimate of drug-likeness (QED) is 0.636. The average molecular weight is 398 g/mol. The van der Waals surface area contributed by atoms with Crippen LogP contribution in [0.3, 0.4) is 0 Å². The van der Waals surface area contributed by atoms with Gasteiger partial charge in [-0.15, -0.1) is 0 Å². The fourth-order valence-corrected chi connectivity index (χ4v) is 2.94. The molecule has 0 unspecified atom stereocenters. The van der Waals surface area contributed by atoms with Gasteiger partial charge in [0.25, 0.3) is 5.78 Å². The molecule has 0 saturated heterocycles. The Morgan fingerprint density at radius 3 is 2.21 bits per heavy atom. The lowest BCUT2D eigenvalue weighted by Gasteiger charge is -2.24. The van der Waals surface area contributed by atoms with Crippen LogP contribution in [0.25, 0.3) is 5.69 Å². The van der Waals surface area contributed by atoms with Crippen molar-refractivity contribution in [2.75, 3.05) is 11.6 Å². The first-order valence-electron chi connectivity index (χ1n) is 8.55. The van der Waals surface area contributed by atoms with Gasteiger partial charge in [-0.05, 0) is 42.5 Å². The smallest absolute Gasteiger partial charge is 0.288 e. The lowest BCUT2D eigenvalue weighted by Crippen LogP contribution is -2.41. The van der Waals surface area contributed by atoms with Gasteiger partial charge in [-0.1, -0.05) is 18.2 Å². The molecule has 6 nitrogen and oxygen atoms in total. The van der Waals surface area contributed by atoms with Crippen LogP contribution >= 0.6 is 0 Å². The van der Waals surface area contributed by atoms with Crippen LogP contribution in [0.5, 0.6) is 0 Å². The number of alkyl halides is 3. The molecule has 3 aromatic rings. The summed E-state index contributed by atoms with van der Waals surface area (Å²) in [6.45, 7) is -0.354. The molecule has 1 aliphatic rings. The number of ketones is 2. The van der Waals surface area contributed by atoms with Gasteiger partial charge in [-0.2, -0.15) is 23.4 Å². The van der Waals surface area contributed by atoms with Crippen molar-refractivity contribution in [2.45, 2.75) is 6.18 Å². The Morgan fingerprint density at radius 1 is 0.862 bits per heavy atom. The third-order valence-corrected chi connectivity index (χ3v) is 4.36. The summed E-state index contributed by atoms with van der Waals surface area (Å²) >= 11 is 0. The number of nitrogens with zero attached hydrogens (tertiary/aromatic N) is 4. The molecule has 0 spiro atoms. The van der Waals surface area contributed by atoms with E-state index in [1.807, 2.05) is 6.07 Å². The second-order valence-electron chi connectivity index (χ2n) is 6.27. The number of Topliss-reactive ketones (excluding diaryl/α,β-unsaturated/α-hetero) is 2. The van der Waals surface area contributed by atoms with Crippen LogP contribution in [0.15, 0.2) is 72.0 Å². The van der Waals surface area contributed by atoms with Crippen LogP contribution in [0.2, 0.25) is 0 Å². The van der Waals surface area contributed by atoms with Crippen LogP contribution in [-0.4, -0.2) is 33.6 Å². The molecule has 2 aromatic carbocycles. The number of carbonyl (C=O) groups is 2. The number of rotatable bonds is 3. The topological polar surface area (TPSA) is 67.6 Å². The van der Waals surface area contributed by atoms with Crippen molar-refractivity contribution >= 4 is 23.0 Å².